The number of ether oxygens (including phenoxy) is 1. The van der Waals surface area contributed by atoms with Crippen molar-refractivity contribution in [3.05, 3.63) is 54.4 Å². The molecular weight excluding hydrogens is 309 g/mol. The zero-order chi connectivity index (χ0) is 15.6. The Morgan fingerprint density at radius 1 is 1.32 bits per heavy atom. The van der Waals surface area contributed by atoms with Crippen molar-refractivity contribution in [3.63, 3.8) is 0 Å². The van der Waals surface area contributed by atoms with Gasteiger partial charge in [-0.2, -0.15) is 4.31 Å². The predicted octanol–water partition coefficient (Wildman–Crippen LogP) is 1.38. The number of benzene rings is 1. The van der Waals surface area contributed by atoms with Crippen molar-refractivity contribution in [2.45, 2.75) is 11.0 Å². The van der Waals surface area contributed by atoms with Gasteiger partial charge in [0.05, 0.1) is 23.4 Å². The van der Waals surface area contributed by atoms with E-state index in [1.54, 1.807) is 6.20 Å². The molecule has 2 aromatic rings. The molecule has 0 aliphatic carbocycles. The van der Waals surface area contributed by atoms with Crippen LogP contribution in [0.25, 0.3) is 0 Å². The van der Waals surface area contributed by atoms with Crippen LogP contribution in [0.4, 0.5) is 4.39 Å². The smallest absolute Gasteiger partial charge is 0.243 e. The summed E-state index contributed by atoms with van der Waals surface area (Å²) in [4.78, 5) is 8.03. The molecule has 1 aromatic heterocycles. The maximum absolute atomic E-state index is 13.3. The van der Waals surface area contributed by atoms with Crippen LogP contribution in [0.2, 0.25) is 0 Å². The van der Waals surface area contributed by atoms with Crippen LogP contribution in [-0.2, 0) is 14.8 Å². The molecule has 8 heteroatoms. The summed E-state index contributed by atoms with van der Waals surface area (Å²) in [5.41, 5.74) is 0.571. The maximum atomic E-state index is 13.3. The molecule has 0 saturated carbocycles. The minimum absolute atomic E-state index is 0.0627. The standard InChI is InChI=1S/C14H14FN3O3S/c15-11-2-1-3-12(8-11)22(19,20)18-6-7-21-14(10-18)13-9-16-4-5-17-13/h1-5,8-9,14H,6-7,10H2/t14-/m0/s1. The highest BCUT2D eigenvalue weighted by Gasteiger charge is 2.32. The molecule has 0 amide bonds. The van der Waals surface area contributed by atoms with Gasteiger partial charge in [0.25, 0.3) is 0 Å². The van der Waals surface area contributed by atoms with Crippen LogP contribution < -0.4 is 0 Å². The van der Waals surface area contributed by atoms with Gasteiger partial charge in [0, 0.05) is 25.5 Å². The second kappa shape index (κ2) is 6.07. The largest absolute Gasteiger partial charge is 0.369 e. The summed E-state index contributed by atoms with van der Waals surface area (Å²) in [7, 11) is -3.76. The van der Waals surface area contributed by atoms with Crippen LogP contribution >= 0.6 is 0 Å². The van der Waals surface area contributed by atoms with Crippen LogP contribution in [-0.4, -0.2) is 42.4 Å². The molecule has 0 N–H and O–H groups in total. The number of aromatic nitrogens is 2. The number of halogens is 1. The van der Waals surface area contributed by atoms with Crippen molar-refractivity contribution in [2.75, 3.05) is 19.7 Å². The highest BCUT2D eigenvalue weighted by atomic mass is 32.2. The van der Waals surface area contributed by atoms with Gasteiger partial charge in [0.1, 0.15) is 11.9 Å². The van der Waals surface area contributed by atoms with E-state index in [2.05, 4.69) is 9.97 Å². The van der Waals surface area contributed by atoms with Crippen molar-refractivity contribution < 1.29 is 17.5 Å². The number of rotatable bonds is 3. The van der Waals surface area contributed by atoms with Crippen molar-refractivity contribution in [1.29, 1.82) is 0 Å². The Balaban J connectivity index is 1.85. The van der Waals surface area contributed by atoms with E-state index in [1.165, 1.54) is 34.9 Å². The molecule has 1 aromatic carbocycles. The third kappa shape index (κ3) is 2.99. The van der Waals surface area contributed by atoms with Gasteiger partial charge in [0.15, 0.2) is 0 Å². The zero-order valence-electron chi connectivity index (χ0n) is 11.6. The molecule has 2 heterocycles. The number of sulfonamides is 1. The second-order valence-electron chi connectivity index (χ2n) is 4.81. The lowest BCUT2D eigenvalue weighted by Gasteiger charge is -2.31. The lowest BCUT2D eigenvalue weighted by molar-refractivity contribution is -0.00515. The quantitative estimate of drug-likeness (QED) is 0.853. The van der Waals surface area contributed by atoms with Crippen molar-refractivity contribution >= 4 is 10.0 Å². The van der Waals surface area contributed by atoms with E-state index in [0.29, 0.717) is 5.69 Å². The Kier molecular flexibility index (Phi) is 4.14. The van der Waals surface area contributed by atoms with Crippen LogP contribution in [0.15, 0.2) is 47.8 Å². The molecule has 0 spiro atoms. The van der Waals surface area contributed by atoms with Crippen LogP contribution in [0, 0.1) is 5.82 Å². The summed E-state index contributed by atoms with van der Waals surface area (Å²) >= 11 is 0. The van der Waals surface area contributed by atoms with E-state index in [9.17, 15) is 12.8 Å². The first-order valence-electron chi connectivity index (χ1n) is 6.70. The van der Waals surface area contributed by atoms with Gasteiger partial charge in [-0.15, -0.1) is 0 Å². The third-order valence-electron chi connectivity index (χ3n) is 3.38. The molecule has 1 saturated heterocycles. The number of morpholine rings is 1. The van der Waals surface area contributed by atoms with Crippen LogP contribution in [0.5, 0.6) is 0 Å². The number of hydrogen-bond donors (Lipinski definition) is 0. The van der Waals surface area contributed by atoms with Gasteiger partial charge in [-0.25, -0.2) is 12.8 Å². The molecule has 1 aliphatic heterocycles. The molecule has 6 nitrogen and oxygen atoms in total. The van der Waals surface area contributed by atoms with Gasteiger partial charge >= 0.3 is 0 Å². The second-order valence-corrected chi connectivity index (χ2v) is 6.75. The zero-order valence-corrected chi connectivity index (χ0v) is 12.4. The third-order valence-corrected chi connectivity index (χ3v) is 5.24. The molecule has 22 heavy (non-hydrogen) atoms. The first-order valence-corrected chi connectivity index (χ1v) is 8.14. The molecule has 0 bridgehead atoms. The highest BCUT2D eigenvalue weighted by molar-refractivity contribution is 7.89. The Morgan fingerprint density at radius 3 is 2.91 bits per heavy atom. The average Bonchev–Trinajstić information content (AvgIpc) is 2.56. The first-order chi connectivity index (χ1) is 10.6. The molecule has 1 aliphatic rings. The summed E-state index contributed by atoms with van der Waals surface area (Å²) in [5, 5.41) is 0. The summed E-state index contributed by atoms with van der Waals surface area (Å²) in [6.07, 6.45) is 4.13. The molecule has 1 atom stereocenters. The van der Waals surface area contributed by atoms with E-state index in [0.717, 1.165) is 6.07 Å². The van der Waals surface area contributed by atoms with E-state index in [-0.39, 0.29) is 24.6 Å². The normalized spacial score (nSPS) is 20.0. The summed E-state index contributed by atoms with van der Waals surface area (Å²) < 4.78 is 45.3. The fraction of sp³-hybridized carbons (Fsp3) is 0.286. The van der Waals surface area contributed by atoms with E-state index in [1.807, 2.05) is 0 Å². The van der Waals surface area contributed by atoms with Crippen molar-refractivity contribution in [2.24, 2.45) is 0 Å². The lowest BCUT2D eigenvalue weighted by Crippen LogP contribution is -2.42. The Bertz CT molecular complexity index is 755. The molecular formula is C14H14FN3O3S. The Hall–Kier alpha value is -1.90. The first kappa shape index (κ1) is 15.0. The molecule has 3 rings (SSSR count). The number of nitrogens with zero attached hydrogens (tertiary/aromatic N) is 3. The van der Waals surface area contributed by atoms with E-state index < -0.39 is 21.9 Å². The van der Waals surface area contributed by atoms with Crippen molar-refractivity contribution in [1.82, 2.24) is 14.3 Å². The minimum Gasteiger partial charge on any atom is -0.369 e. The average molecular weight is 323 g/mol. The SMILES string of the molecule is O=S(=O)(c1cccc(F)c1)N1CCO[C@H](c2cnccn2)C1. The Morgan fingerprint density at radius 2 is 2.18 bits per heavy atom. The maximum Gasteiger partial charge on any atom is 0.243 e. The number of hydrogen-bond acceptors (Lipinski definition) is 5. The van der Waals surface area contributed by atoms with Crippen molar-refractivity contribution in [3.8, 4) is 0 Å². The van der Waals surface area contributed by atoms with Gasteiger partial charge in [-0.05, 0) is 18.2 Å². The predicted molar refractivity (Wildman–Crippen MR) is 75.9 cm³/mol. The van der Waals surface area contributed by atoms with Gasteiger partial charge in [-0.1, -0.05) is 6.07 Å². The van der Waals surface area contributed by atoms with E-state index >= 15 is 0 Å². The molecule has 116 valence electrons. The fourth-order valence-corrected chi connectivity index (χ4v) is 3.73. The molecule has 0 radical (unpaired) electrons. The van der Waals surface area contributed by atoms with Crippen LogP contribution in [0.3, 0.4) is 0 Å². The Labute approximate surface area is 127 Å². The summed E-state index contributed by atoms with van der Waals surface area (Å²) in [6, 6.07) is 4.98. The van der Waals surface area contributed by atoms with Gasteiger partial charge in [-0.3, -0.25) is 9.97 Å². The fourth-order valence-electron chi connectivity index (χ4n) is 2.28. The highest BCUT2D eigenvalue weighted by Crippen LogP contribution is 2.25. The molecule has 0 unspecified atom stereocenters. The van der Waals surface area contributed by atoms with Crippen LogP contribution in [0.1, 0.15) is 11.8 Å². The molecule has 1 fully saturated rings. The topological polar surface area (TPSA) is 72.4 Å². The monoisotopic (exact) mass is 323 g/mol. The summed E-state index contributed by atoms with van der Waals surface area (Å²) in [6.45, 7) is 0.586. The van der Waals surface area contributed by atoms with E-state index in [4.69, 9.17) is 4.74 Å². The minimum atomic E-state index is -3.76. The lowest BCUT2D eigenvalue weighted by atomic mass is 10.2. The van der Waals surface area contributed by atoms with Gasteiger partial charge < -0.3 is 4.74 Å². The summed E-state index contributed by atoms with van der Waals surface area (Å²) in [5.74, 6) is -0.584. The van der Waals surface area contributed by atoms with Gasteiger partial charge in [0.2, 0.25) is 10.0 Å².